The van der Waals surface area contributed by atoms with Crippen molar-refractivity contribution in [3.63, 3.8) is 0 Å². The van der Waals surface area contributed by atoms with Crippen molar-refractivity contribution in [2.24, 2.45) is 7.05 Å². The van der Waals surface area contributed by atoms with E-state index < -0.39 is 5.97 Å². The van der Waals surface area contributed by atoms with Crippen LogP contribution in [0.25, 0.3) is 17.6 Å². The van der Waals surface area contributed by atoms with Crippen LogP contribution in [-0.2, 0) is 16.6 Å². The van der Waals surface area contributed by atoms with Gasteiger partial charge in [0.2, 0.25) is 0 Å². The van der Waals surface area contributed by atoms with Gasteiger partial charge in [0, 0.05) is 19.4 Å². The van der Waals surface area contributed by atoms with Crippen molar-refractivity contribution >= 4 is 12.2 Å². The summed E-state index contributed by atoms with van der Waals surface area (Å²) in [5, 5.41) is 12.0. The lowest BCUT2D eigenvalue weighted by Gasteiger charge is -1.97. The molecule has 0 saturated carbocycles. The van der Waals surface area contributed by atoms with Gasteiger partial charge in [0.15, 0.2) is 0 Å². The maximum Gasteiger partial charge on any atom is 0.334 e. The number of nitrogens with zero attached hydrogens (tertiary/aromatic N) is 5. The molecule has 0 unspecified atom stereocenters. The van der Waals surface area contributed by atoms with Gasteiger partial charge in [0.1, 0.15) is 5.69 Å². The Bertz CT molecular complexity index is 596. The molecule has 18 heavy (non-hydrogen) atoms. The first-order chi connectivity index (χ1) is 8.61. The fourth-order valence-corrected chi connectivity index (χ4v) is 1.49. The maximum absolute atomic E-state index is 11.2. The number of hydrogen-bond acceptors (Lipinski definition) is 5. The number of aromatic nitrogens is 5. The number of ether oxygens (including phenoxy) is 1. The molecule has 0 aliphatic rings. The van der Waals surface area contributed by atoms with E-state index in [1.807, 2.05) is 13.1 Å². The van der Waals surface area contributed by atoms with Gasteiger partial charge in [0.05, 0.1) is 24.6 Å². The van der Waals surface area contributed by atoms with E-state index in [1.165, 1.54) is 11.8 Å². The van der Waals surface area contributed by atoms with Crippen LogP contribution in [0.15, 0.2) is 24.0 Å². The van der Waals surface area contributed by atoms with Crippen molar-refractivity contribution in [2.45, 2.75) is 6.92 Å². The average Bonchev–Trinajstić information content (AvgIpc) is 2.96. The molecule has 0 fully saturated rings. The van der Waals surface area contributed by atoms with Crippen LogP contribution in [0.1, 0.15) is 6.92 Å². The van der Waals surface area contributed by atoms with Crippen LogP contribution < -0.4 is 0 Å². The molecule has 2 aromatic rings. The Kier molecular flexibility index (Phi) is 3.22. The summed E-state index contributed by atoms with van der Waals surface area (Å²) in [5.41, 5.74) is 1.98. The highest BCUT2D eigenvalue weighted by Gasteiger charge is 2.08. The molecule has 0 N–H and O–H groups in total. The van der Waals surface area contributed by atoms with E-state index in [-0.39, 0.29) is 0 Å². The van der Waals surface area contributed by atoms with Crippen LogP contribution in [0.4, 0.5) is 0 Å². The van der Waals surface area contributed by atoms with Gasteiger partial charge in [-0.1, -0.05) is 5.21 Å². The topological polar surface area (TPSA) is 74.8 Å². The molecule has 0 saturated heterocycles. The van der Waals surface area contributed by atoms with Gasteiger partial charge in [-0.25, -0.2) is 9.48 Å². The smallest absolute Gasteiger partial charge is 0.334 e. The second kappa shape index (κ2) is 4.82. The molecule has 0 amide bonds. The van der Waals surface area contributed by atoms with E-state index in [0.29, 0.717) is 11.3 Å². The third-order valence-electron chi connectivity index (χ3n) is 2.43. The van der Waals surface area contributed by atoms with Crippen LogP contribution in [0, 0.1) is 0 Å². The molecule has 0 radical (unpaired) electrons. The molecular formula is C11H13N5O2. The SMILES string of the molecule is COC(=O)/C(C)=C/n1cc(-c2ccnn2C)nn1. The summed E-state index contributed by atoms with van der Waals surface area (Å²) in [6.45, 7) is 1.65. The number of aryl methyl sites for hydroxylation is 1. The Labute approximate surface area is 104 Å². The van der Waals surface area contributed by atoms with Crippen molar-refractivity contribution in [1.29, 1.82) is 0 Å². The van der Waals surface area contributed by atoms with Crippen molar-refractivity contribution < 1.29 is 9.53 Å². The molecule has 0 bridgehead atoms. The van der Waals surface area contributed by atoms with Crippen molar-refractivity contribution in [2.75, 3.05) is 7.11 Å². The minimum atomic E-state index is -0.396. The van der Waals surface area contributed by atoms with Crippen LogP contribution in [-0.4, -0.2) is 37.9 Å². The monoisotopic (exact) mass is 247 g/mol. The first-order valence-electron chi connectivity index (χ1n) is 5.28. The molecule has 0 atom stereocenters. The summed E-state index contributed by atoms with van der Waals surface area (Å²) in [4.78, 5) is 11.2. The lowest BCUT2D eigenvalue weighted by atomic mass is 10.3. The van der Waals surface area contributed by atoms with Gasteiger partial charge in [0.25, 0.3) is 0 Å². The van der Waals surface area contributed by atoms with Crippen molar-refractivity contribution in [3.05, 3.63) is 24.0 Å². The standard InChI is InChI=1S/C11H13N5O2/c1-8(11(17)18-3)6-16-7-9(13-14-16)10-4-5-12-15(10)2/h4-7H,1-3H3/b8-6+. The van der Waals surface area contributed by atoms with Crippen molar-refractivity contribution in [1.82, 2.24) is 24.8 Å². The highest BCUT2D eigenvalue weighted by Crippen LogP contribution is 2.14. The molecule has 0 aliphatic carbocycles. The Morgan fingerprint density at radius 3 is 2.89 bits per heavy atom. The van der Waals surface area contributed by atoms with Crippen LogP contribution in [0.3, 0.4) is 0 Å². The molecule has 2 rings (SSSR count). The van der Waals surface area contributed by atoms with E-state index in [0.717, 1.165) is 5.69 Å². The number of carbonyl (C=O) groups is 1. The van der Waals surface area contributed by atoms with Gasteiger partial charge in [-0.15, -0.1) is 5.10 Å². The fraction of sp³-hybridized carbons (Fsp3) is 0.273. The average molecular weight is 247 g/mol. The summed E-state index contributed by atoms with van der Waals surface area (Å²) >= 11 is 0. The predicted octanol–water partition coefficient (Wildman–Crippen LogP) is 0.712. The number of rotatable bonds is 3. The largest absolute Gasteiger partial charge is 0.466 e. The van der Waals surface area contributed by atoms with Crippen LogP contribution in [0.2, 0.25) is 0 Å². The predicted molar refractivity (Wildman–Crippen MR) is 64.2 cm³/mol. The zero-order valence-electron chi connectivity index (χ0n) is 10.4. The third-order valence-corrected chi connectivity index (χ3v) is 2.43. The molecule has 0 spiro atoms. The quantitative estimate of drug-likeness (QED) is 0.590. The molecule has 94 valence electrons. The van der Waals surface area contributed by atoms with E-state index in [4.69, 9.17) is 0 Å². The highest BCUT2D eigenvalue weighted by molar-refractivity contribution is 5.90. The molecule has 7 nitrogen and oxygen atoms in total. The highest BCUT2D eigenvalue weighted by atomic mass is 16.5. The van der Waals surface area contributed by atoms with Gasteiger partial charge in [-0.2, -0.15) is 5.10 Å². The van der Waals surface area contributed by atoms with Crippen LogP contribution in [0.5, 0.6) is 0 Å². The van der Waals surface area contributed by atoms with E-state index >= 15 is 0 Å². The summed E-state index contributed by atoms with van der Waals surface area (Å²) in [5.74, 6) is -0.396. The number of carbonyl (C=O) groups excluding carboxylic acids is 1. The first kappa shape index (κ1) is 12.0. The fourth-order valence-electron chi connectivity index (χ4n) is 1.49. The zero-order chi connectivity index (χ0) is 13.1. The molecule has 0 aromatic carbocycles. The van der Waals surface area contributed by atoms with Crippen molar-refractivity contribution in [3.8, 4) is 11.4 Å². The summed E-state index contributed by atoms with van der Waals surface area (Å²) in [6, 6.07) is 1.84. The third kappa shape index (κ3) is 2.29. The summed E-state index contributed by atoms with van der Waals surface area (Å²) in [7, 11) is 3.16. The molecule has 2 aromatic heterocycles. The van der Waals surface area contributed by atoms with Gasteiger partial charge < -0.3 is 4.74 Å². The lowest BCUT2D eigenvalue weighted by Crippen LogP contribution is -2.03. The normalized spacial score (nSPS) is 11.6. The van der Waals surface area contributed by atoms with Gasteiger partial charge in [-0.05, 0) is 13.0 Å². The van der Waals surface area contributed by atoms with E-state index in [9.17, 15) is 4.79 Å². The second-order valence-electron chi connectivity index (χ2n) is 3.73. The Morgan fingerprint density at radius 2 is 2.28 bits per heavy atom. The zero-order valence-corrected chi connectivity index (χ0v) is 10.4. The molecule has 7 heteroatoms. The van der Waals surface area contributed by atoms with E-state index in [2.05, 4.69) is 20.1 Å². The minimum absolute atomic E-state index is 0.396. The lowest BCUT2D eigenvalue weighted by molar-refractivity contribution is -0.135. The number of esters is 1. The first-order valence-corrected chi connectivity index (χ1v) is 5.28. The maximum atomic E-state index is 11.2. The van der Waals surface area contributed by atoms with Crippen LogP contribution >= 0.6 is 0 Å². The molecule has 2 heterocycles. The molecule has 0 aliphatic heterocycles. The van der Waals surface area contributed by atoms with Gasteiger partial charge in [-0.3, -0.25) is 4.68 Å². The minimum Gasteiger partial charge on any atom is -0.466 e. The second-order valence-corrected chi connectivity index (χ2v) is 3.73. The van der Waals surface area contributed by atoms with E-state index in [1.54, 1.807) is 30.2 Å². The summed E-state index contributed by atoms with van der Waals surface area (Å²) in [6.07, 6.45) is 4.95. The Hall–Kier alpha value is -2.44. The summed E-state index contributed by atoms with van der Waals surface area (Å²) < 4.78 is 7.77. The number of hydrogen-bond donors (Lipinski definition) is 0. The van der Waals surface area contributed by atoms with Gasteiger partial charge >= 0.3 is 5.97 Å². The number of methoxy groups -OCH3 is 1. The Morgan fingerprint density at radius 1 is 1.50 bits per heavy atom. The Balaban J connectivity index is 2.27. The molecular weight excluding hydrogens is 234 g/mol.